The van der Waals surface area contributed by atoms with Gasteiger partial charge in [0.25, 0.3) is 5.79 Å². The third-order valence-corrected chi connectivity index (χ3v) is 3.60. The second kappa shape index (κ2) is 6.41. The molecule has 0 aromatic heterocycles. The molecule has 0 atom stereocenters. The molecule has 1 fully saturated rings. The highest BCUT2D eigenvalue weighted by molar-refractivity contribution is 6.16. The molecule has 0 spiro atoms. The monoisotopic (exact) mass is 314 g/mol. The normalized spacial score (nSPS) is 17.8. The Labute approximate surface area is 136 Å². The van der Waals surface area contributed by atoms with Crippen LogP contribution in [0.5, 0.6) is 0 Å². The van der Waals surface area contributed by atoms with Crippen LogP contribution in [-0.2, 0) is 19.1 Å². The van der Waals surface area contributed by atoms with E-state index in [0.29, 0.717) is 5.57 Å². The number of hydrogen-bond acceptors (Lipinski definition) is 4. The van der Waals surface area contributed by atoms with Crippen molar-refractivity contribution in [1.82, 2.24) is 0 Å². The third kappa shape index (κ3) is 3.89. The van der Waals surface area contributed by atoms with Crippen LogP contribution in [-0.4, -0.2) is 17.7 Å². The Morgan fingerprint density at radius 3 is 2.04 bits per heavy atom. The van der Waals surface area contributed by atoms with Crippen molar-refractivity contribution in [3.63, 3.8) is 0 Å². The van der Waals surface area contributed by atoms with E-state index in [1.165, 1.54) is 0 Å². The van der Waals surface area contributed by atoms with E-state index in [4.69, 9.17) is 9.47 Å². The smallest absolute Gasteiger partial charge is 0.349 e. The molecule has 122 valence electrons. The molecular formula is C19H22O4. The molecule has 1 aliphatic rings. The molecule has 0 amide bonds. The lowest BCUT2D eigenvalue weighted by Crippen LogP contribution is -2.42. The number of hydrogen-bond donors (Lipinski definition) is 0. The van der Waals surface area contributed by atoms with Crippen LogP contribution in [0.15, 0.2) is 47.6 Å². The lowest BCUT2D eigenvalue weighted by molar-refractivity contribution is -0.222. The van der Waals surface area contributed by atoms with Gasteiger partial charge in [-0.05, 0) is 29.6 Å². The van der Waals surface area contributed by atoms with Gasteiger partial charge in [-0.15, -0.1) is 0 Å². The van der Waals surface area contributed by atoms with Crippen molar-refractivity contribution in [3.8, 4) is 0 Å². The summed E-state index contributed by atoms with van der Waals surface area (Å²) in [5.41, 5.74) is 2.60. The Morgan fingerprint density at radius 1 is 1.04 bits per heavy atom. The predicted octanol–water partition coefficient (Wildman–Crippen LogP) is 3.88. The molecule has 1 heterocycles. The van der Waals surface area contributed by atoms with Crippen LogP contribution < -0.4 is 0 Å². The molecule has 0 N–H and O–H groups in total. The van der Waals surface area contributed by atoms with E-state index in [9.17, 15) is 9.59 Å². The minimum absolute atomic E-state index is 0.0189. The Kier molecular flexibility index (Phi) is 4.73. The first kappa shape index (κ1) is 17.0. The van der Waals surface area contributed by atoms with Gasteiger partial charge < -0.3 is 9.47 Å². The molecule has 0 aliphatic carbocycles. The van der Waals surface area contributed by atoms with Crippen molar-refractivity contribution >= 4 is 17.5 Å². The van der Waals surface area contributed by atoms with E-state index in [1.54, 1.807) is 13.8 Å². The largest absolute Gasteiger partial charge is 0.419 e. The SMILES string of the molecule is C/C(=C\C(=C1C(=O)OC(C)(C)OC1=O)C(C)C)c1ccccc1. The van der Waals surface area contributed by atoms with Gasteiger partial charge in [-0.25, -0.2) is 9.59 Å². The fourth-order valence-corrected chi connectivity index (χ4v) is 2.43. The number of benzene rings is 1. The molecule has 0 bridgehead atoms. The van der Waals surface area contributed by atoms with Crippen molar-refractivity contribution < 1.29 is 19.1 Å². The minimum atomic E-state index is -1.22. The predicted molar refractivity (Wildman–Crippen MR) is 88.2 cm³/mol. The van der Waals surface area contributed by atoms with Gasteiger partial charge in [0.2, 0.25) is 0 Å². The van der Waals surface area contributed by atoms with Crippen molar-refractivity contribution in [3.05, 3.63) is 53.1 Å². The molecule has 4 nitrogen and oxygen atoms in total. The summed E-state index contributed by atoms with van der Waals surface area (Å²) in [4.78, 5) is 24.5. The summed E-state index contributed by atoms with van der Waals surface area (Å²) in [7, 11) is 0. The van der Waals surface area contributed by atoms with Crippen LogP contribution in [0.1, 0.15) is 40.2 Å². The average Bonchev–Trinajstić information content (AvgIpc) is 2.44. The summed E-state index contributed by atoms with van der Waals surface area (Å²) >= 11 is 0. The van der Waals surface area contributed by atoms with E-state index < -0.39 is 17.7 Å². The Balaban J connectivity index is 2.50. The number of carbonyl (C=O) groups is 2. The maximum absolute atomic E-state index is 12.3. The fraction of sp³-hybridized carbons (Fsp3) is 0.368. The zero-order chi connectivity index (χ0) is 17.2. The number of carbonyl (C=O) groups excluding carboxylic acids is 2. The second-order valence-corrected chi connectivity index (χ2v) is 6.36. The third-order valence-electron chi connectivity index (χ3n) is 3.60. The molecule has 0 saturated carbocycles. The van der Waals surface area contributed by atoms with Crippen LogP contribution in [0.4, 0.5) is 0 Å². The lowest BCUT2D eigenvalue weighted by Gasteiger charge is -2.31. The topological polar surface area (TPSA) is 52.6 Å². The number of allylic oxidation sites excluding steroid dienone is 3. The van der Waals surface area contributed by atoms with Crippen LogP contribution in [0, 0.1) is 5.92 Å². The van der Waals surface area contributed by atoms with Crippen molar-refractivity contribution in [1.29, 1.82) is 0 Å². The summed E-state index contributed by atoms with van der Waals surface area (Å²) in [6.45, 7) is 8.88. The van der Waals surface area contributed by atoms with Gasteiger partial charge >= 0.3 is 11.9 Å². The molecule has 1 aromatic carbocycles. The highest BCUT2D eigenvalue weighted by Gasteiger charge is 2.40. The van der Waals surface area contributed by atoms with Gasteiger partial charge in [0.05, 0.1) is 0 Å². The number of esters is 2. The van der Waals surface area contributed by atoms with Crippen LogP contribution >= 0.6 is 0 Å². The van der Waals surface area contributed by atoms with Gasteiger partial charge in [0, 0.05) is 13.8 Å². The maximum atomic E-state index is 12.3. The summed E-state index contributed by atoms with van der Waals surface area (Å²) in [5.74, 6) is -2.51. The summed E-state index contributed by atoms with van der Waals surface area (Å²) in [6.07, 6.45) is 1.86. The molecule has 4 heteroatoms. The molecule has 1 saturated heterocycles. The van der Waals surface area contributed by atoms with Crippen LogP contribution in [0.25, 0.3) is 5.57 Å². The van der Waals surface area contributed by atoms with Crippen LogP contribution in [0.2, 0.25) is 0 Å². The van der Waals surface area contributed by atoms with E-state index >= 15 is 0 Å². The second-order valence-electron chi connectivity index (χ2n) is 6.36. The van der Waals surface area contributed by atoms with Gasteiger partial charge in [0.15, 0.2) is 0 Å². The van der Waals surface area contributed by atoms with Gasteiger partial charge in [-0.2, -0.15) is 0 Å². The zero-order valence-corrected chi connectivity index (χ0v) is 14.2. The highest BCUT2D eigenvalue weighted by atomic mass is 16.7. The number of rotatable bonds is 3. The molecule has 1 aliphatic heterocycles. The summed E-state index contributed by atoms with van der Waals surface area (Å²) < 4.78 is 10.4. The Morgan fingerprint density at radius 2 is 1.57 bits per heavy atom. The average molecular weight is 314 g/mol. The van der Waals surface area contributed by atoms with E-state index in [1.807, 2.05) is 57.2 Å². The minimum Gasteiger partial charge on any atom is -0.419 e. The molecule has 0 radical (unpaired) electrons. The molecule has 1 aromatic rings. The van der Waals surface area contributed by atoms with Crippen LogP contribution in [0.3, 0.4) is 0 Å². The van der Waals surface area contributed by atoms with E-state index in [0.717, 1.165) is 11.1 Å². The first-order chi connectivity index (χ1) is 10.7. The molecule has 0 unspecified atom stereocenters. The molecular weight excluding hydrogens is 292 g/mol. The van der Waals surface area contributed by atoms with E-state index in [2.05, 4.69) is 0 Å². The fourth-order valence-electron chi connectivity index (χ4n) is 2.43. The van der Waals surface area contributed by atoms with Crippen molar-refractivity contribution in [2.45, 2.75) is 40.4 Å². The van der Waals surface area contributed by atoms with Gasteiger partial charge in [-0.3, -0.25) is 0 Å². The maximum Gasteiger partial charge on any atom is 0.349 e. The van der Waals surface area contributed by atoms with Gasteiger partial charge in [0.1, 0.15) is 5.57 Å². The highest BCUT2D eigenvalue weighted by Crippen LogP contribution is 2.29. The summed E-state index contributed by atoms with van der Waals surface area (Å²) in [6, 6.07) is 9.79. The lowest BCUT2D eigenvalue weighted by atomic mass is 9.93. The number of cyclic esters (lactones) is 2. The zero-order valence-electron chi connectivity index (χ0n) is 14.2. The quantitative estimate of drug-likeness (QED) is 0.483. The summed E-state index contributed by atoms with van der Waals surface area (Å²) in [5, 5.41) is 0. The first-order valence-corrected chi connectivity index (χ1v) is 7.66. The Bertz CT molecular complexity index is 657. The Hall–Kier alpha value is -2.36. The van der Waals surface area contributed by atoms with E-state index in [-0.39, 0.29) is 11.5 Å². The standard InChI is InChI=1S/C19H22O4/c1-12(2)15(11-13(3)14-9-7-6-8-10-14)16-17(20)22-19(4,5)23-18(16)21/h6-12H,1-5H3/b13-11+. The first-order valence-electron chi connectivity index (χ1n) is 7.66. The number of ether oxygens (including phenoxy) is 2. The molecule has 2 rings (SSSR count). The molecule has 23 heavy (non-hydrogen) atoms. The van der Waals surface area contributed by atoms with Crippen molar-refractivity contribution in [2.75, 3.05) is 0 Å². The van der Waals surface area contributed by atoms with Crippen molar-refractivity contribution in [2.24, 2.45) is 5.92 Å². The van der Waals surface area contributed by atoms with Gasteiger partial charge in [-0.1, -0.05) is 50.3 Å².